The van der Waals surface area contributed by atoms with Crippen molar-refractivity contribution >= 4 is 0 Å². The molecular weight excluding hydrogens is 344 g/mol. The van der Waals surface area contributed by atoms with E-state index in [9.17, 15) is 10.2 Å². The standard InChI is InChI=1S/C26H38O2/c1-5-7-11-21-19(3)15-17-25(27)23(21)13-9-10-14-24-22(12-8-6-2)20(4)16-18-26(24)28/h15-18,27-28H,5-14H2,1-4H3. The zero-order valence-electron chi connectivity index (χ0n) is 18.3. The molecule has 154 valence electrons. The average Bonchev–Trinajstić information content (AvgIpc) is 2.68. The molecule has 0 aliphatic rings. The molecule has 0 spiro atoms. The third kappa shape index (κ3) is 5.77. The molecule has 0 fully saturated rings. The number of benzene rings is 2. The average molecular weight is 383 g/mol. The molecule has 0 aromatic heterocycles. The van der Waals surface area contributed by atoms with Gasteiger partial charge in [-0.15, -0.1) is 0 Å². The van der Waals surface area contributed by atoms with Crippen LogP contribution in [0.4, 0.5) is 0 Å². The van der Waals surface area contributed by atoms with Gasteiger partial charge in [0.1, 0.15) is 11.5 Å². The van der Waals surface area contributed by atoms with Crippen molar-refractivity contribution in [3.63, 3.8) is 0 Å². The van der Waals surface area contributed by atoms with E-state index in [0.717, 1.165) is 62.5 Å². The molecule has 0 bridgehead atoms. The van der Waals surface area contributed by atoms with Crippen LogP contribution in [0.3, 0.4) is 0 Å². The van der Waals surface area contributed by atoms with E-state index >= 15 is 0 Å². The summed E-state index contributed by atoms with van der Waals surface area (Å²) in [5, 5.41) is 20.8. The second-order valence-corrected chi connectivity index (χ2v) is 8.13. The zero-order valence-corrected chi connectivity index (χ0v) is 18.3. The Morgan fingerprint density at radius 1 is 0.536 bits per heavy atom. The highest BCUT2D eigenvalue weighted by Gasteiger charge is 2.13. The Morgan fingerprint density at radius 3 is 1.25 bits per heavy atom. The fraction of sp³-hybridized carbons (Fsp3) is 0.538. The largest absolute Gasteiger partial charge is 0.508 e. The second-order valence-electron chi connectivity index (χ2n) is 8.13. The molecule has 2 aromatic carbocycles. The van der Waals surface area contributed by atoms with Crippen molar-refractivity contribution in [3.8, 4) is 11.5 Å². The minimum absolute atomic E-state index is 0.443. The SMILES string of the molecule is CCCCc1c(C)ccc(O)c1CCCCc1c(O)ccc(C)c1CCCC. The Labute approximate surface area is 171 Å². The molecule has 2 nitrogen and oxygen atoms in total. The molecule has 2 N–H and O–H groups in total. The minimum Gasteiger partial charge on any atom is -0.508 e. The fourth-order valence-corrected chi connectivity index (χ4v) is 4.16. The van der Waals surface area contributed by atoms with E-state index in [4.69, 9.17) is 0 Å². The minimum atomic E-state index is 0.443. The lowest BCUT2D eigenvalue weighted by Crippen LogP contribution is -2.01. The molecule has 0 atom stereocenters. The van der Waals surface area contributed by atoms with Crippen molar-refractivity contribution in [2.24, 2.45) is 0 Å². The van der Waals surface area contributed by atoms with E-state index < -0.39 is 0 Å². The predicted octanol–water partition coefficient (Wildman–Crippen LogP) is 6.97. The van der Waals surface area contributed by atoms with Crippen LogP contribution in [0.2, 0.25) is 0 Å². The van der Waals surface area contributed by atoms with Crippen LogP contribution in [-0.4, -0.2) is 10.2 Å². The van der Waals surface area contributed by atoms with Gasteiger partial charge in [-0.2, -0.15) is 0 Å². The summed E-state index contributed by atoms with van der Waals surface area (Å²) in [6.45, 7) is 8.72. The molecule has 0 unspecified atom stereocenters. The van der Waals surface area contributed by atoms with E-state index in [0.29, 0.717) is 11.5 Å². The maximum Gasteiger partial charge on any atom is 0.119 e. The molecule has 2 heteroatoms. The molecule has 0 aliphatic heterocycles. The van der Waals surface area contributed by atoms with Crippen molar-refractivity contribution in [1.29, 1.82) is 0 Å². The van der Waals surface area contributed by atoms with Crippen molar-refractivity contribution in [1.82, 2.24) is 0 Å². The number of rotatable bonds is 11. The van der Waals surface area contributed by atoms with Gasteiger partial charge in [0.15, 0.2) is 0 Å². The summed E-state index contributed by atoms with van der Waals surface area (Å²) in [6.07, 6.45) is 10.6. The number of phenols is 2. The Hall–Kier alpha value is -1.96. The highest BCUT2D eigenvalue weighted by molar-refractivity contribution is 5.45. The maximum absolute atomic E-state index is 10.4. The van der Waals surface area contributed by atoms with Gasteiger partial charge >= 0.3 is 0 Å². The first kappa shape index (κ1) is 22.3. The summed E-state index contributed by atoms with van der Waals surface area (Å²) in [4.78, 5) is 0. The number of aryl methyl sites for hydroxylation is 2. The molecule has 0 saturated carbocycles. The number of aromatic hydroxyl groups is 2. The number of hydrogen-bond acceptors (Lipinski definition) is 2. The van der Waals surface area contributed by atoms with Gasteiger partial charge in [0.05, 0.1) is 0 Å². The Kier molecular flexibility index (Phi) is 8.89. The molecule has 2 aromatic rings. The lowest BCUT2D eigenvalue weighted by atomic mass is 9.90. The van der Waals surface area contributed by atoms with Crippen molar-refractivity contribution < 1.29 is 10.2 Å². The smallest absolute Gasteiger partial charge is 0.119 e. The third-order valence-corrected chi connectivity index (χ3v) is 5.95. The maximum atomic E-state index is 10.4. The first-order chi connectivity index (χ1) is 13.5. The monoisotopic (exact) mass is 382 g/mol. The molecule has 0 radical (unpaired) electrons. The molecule has 28 heavy (non-hydrogen) atoms. The molecule has 0 amide bonds. The molecule has 0 saturated heterocycles. The quantitative estimate of drug-likeness (QED) is 0.412. The molecular formula is C26H38O2. The fourth-order valence-electron chi connectivity index (χ4n) is 4.16. The first-order valence-electron chi connectivity index (χ1n) is 11.1. The summed E-state index contributed by atoms with van der Waals surface area (Å²) < 4.78 is 0. The highest BCUT2D eigenvalue weighted by atomic mass is 16.3. The van der Waals surface area contributed by atoms with E-state index in [1.165, 1.54) is 35.1 Å². The zero-order chi connectivity index (χ0) is 20.5. The summed E-state index contributed by atoms with van der Waals surface area (Å²) in [5.74, 6) is 0.887. The van der Waals surface area contributed by atoms with E-state index in [1.54, 1.807) is 0 Å². The predicted molar refractivity (Wildman–Crippen MR) is 120 cm³/mol. The number of hydrogen-bond donors (Lipinski definition) is 2. The molecule has 2 rings (SSSR count). The Balaban J connectivity index is 2.06. The van der Waals surface area contributed by atoms with Gasteiger partial charge in [0, 0.05) is 0 Å². The van der Waals surface area contributed by atoms with Crippen LogP contribution in [-0.2, 0) is 25.7 Å². The van der Waals surface area contributed by atoms with Crippen LogP contribution in [0.15, 0.2) is 24.3 Å². The molecule has 0 heterocycles. The molecule has 0 aliphatic carbocycles. The number of phenolic OH excluding ortho intramolecular Hbond substituents is 2. The van der Waals surface area contributed by atoms with Crippen LogP contribution in [0.5, 0.6) is 11.5 Å². The van der Waals surface area contributed by atoms with E-state index in [1.807, 2.05) is 24.3 Å². The highest BCUT2D eigenvalue weighted by Crippen LogP contribution is 2.30. The van der Waals surface area contributed by atoms with Gasteiger partial charge in [-0.3, -0.25) is 0 Å². The van der Waals surface area contributed by atoms with Gasteiger partial charge in [-0.05, 0) is 111 Å². The van der Waals surface area contributed by atoms with Crippen LogP contribution in [0, 0.1) is 13.8 Å². The summed E-state index contributed by atoms with van der Waals surface area (Å²) in [6, 6.07) is 7.76. The first-order valence-corrected chi connectivity index (χ1v) is 11.1. The van der Waals surface area contributed by atoms with Crippen LogP contribution in [0.1, 0.15) is 85.8 Å². The van der Waals surface area contributed by atoms with Crippen LogP contribution in [0.25, 0.3) is 0 Å². The third-order valence-electron chi connectivity index (χ3n) is 5.95. The Bertz CT molecular complexity index is 696. The van der Waals surface area contributed by atoms with Crippen molar-refractivity contribution in [2.45, 2.75) is 91.9 Å². The van der Waals surface area contributed by atoms with Gasteiger partial charge in [-0.1, -0.05) is 38.8 Å². The van der Waals surface area contributed by atoms with Crippen LogP contribution >= 0.6 is 0 Å². The summed E-state index contributed by atoms with van der Waals surface area (Å²) in [7, 11) is 0. The van der Waals surface area contributed by atoms with Gasteiger partial charge < -0.3 is 10.2 Å². The summed E-state index contributed by atoms with van der Waals surface area (Å²) in [5.41, 5.74) is 7.52. The van der Waals surface area contributed by atoms with Gasteiger partial charge in [-0.25, -0.2) is 0 Å². The summed E-state index contributed by atoms with van der Waals surface area (Å²) >= 11 is 0. The van der Waals surface area contributed by atoms with Crippen molar-refractivity contribution in [2.75, 3.05) is 0 Å². The number of unbranched alkanes of at least 4 members (excludes halogenated alkanes) is 3. The second kappa shape index (κ2) is 11.1. The Morgan fingerprint density at radius 2 is 0.893 bits per heavy atom. The van der Waals surface area contributed by atoms with Gasteiger partial charge in [0.25, 0.3) is 0 Å². The van der Waals surface area contributed by atoms with E-state index in [2.05, 4.69) is 27.7 Å². The lowest BCUT2D eigenvalue weighted by Gasteiger charge is -2.16. The van der Waals surface area contributed by atoms with E-state index in [-0.39, 0.29) is 0 Å². The normalized spacial score (nSPS) is 11.1. The van der Waals surface area contributed by atoms with Crippen molar-refractivity contribution in [3.05, 3.63) is 57.6 Å². The topological polar surface area (TPSA) is 40.5 Å². The van der Waals surface area contributed by atoms with Gasteiger partial charge in [0.2, 0.25) is 0 Å². The lowest BCUT2D eigenvalue weighted by molar-refractivity contribution is 0.461. The van der Waals surface area contributed by atoms with Crippen LogP contribution < -0.4 is 0 Å².